The van der Waals surface area contributed by atoms with Crippen molar-refractivity contribution in [3.05, 3.63) is 47.4 Å². The normalized spacial score (nSPS) is 13.9. The van der Waals surface area contributed by atoms with Crippen molar-refractivity contribution < 1.29 is 13.7 Å². The molecule has 0 bridgehead atoms. The van der Waals surface area contributed by atoms with E-state index in [0.29, 0.717) is 24.5 Å². The molecule has 2 N–H and O–H groups in total. The second-order valence-corrected chi connectivity index (χ2v) is 6.16. The van der Waals surface area contributed by atoms with E-state index in [0.717, 1.165) is 12.8 Å². The highest BCUT2D eigenvalue weighted by Crippen LogP contribution is 2.17. The molecule has 0 aliphatic carbocycles. The van der Waals surface area contributed by atoms with Gasteiger partial charge in [-0.3, -0.25) is 4.79 Å². The van der Waals surface area contributed by atoms with Crippen LogP contribution in [0.5, 0.6) is 0 Å². The maximum absolute atomic E-state index is 13.4. The molecule has 27 heavy (non-hydrogen) atoms. The third kappa shape index (κ3) is 3.73. The number of halogens is 1. The molecule has 0 radical (unpaired) electrons. The molecule has 1 aromatic carbocycles. The van der Waals surface area contributed by atoms with Crippen LogP contribution in [0.4, 0.5) is 10.3 Å². The fraction of sp³-hybridized carbons (Fsp3) is 0.294. The minimum Gasteiger partial charge on any atom is -0.368 e. The molecule has 1 aliphatic heterocycles. The molecular formula is C17H16FN7O2. The maximum Gasteiger partial charge on any atom is 0.316 e. The Bertz CT molecular complexity index is 985. The number of benzene rings is 1. The molecule has 9 nitrogen and oxygen atoms in total. The number of aromatic nitrogens is 5. The third-order valence-corrected chi connectivity index (χ3v) is 4.15. The number of carbonyl (C=O) groups is 1. The fourth-order valence-electron chi connectivity index (χ4n) is 2.90. The Kier molecular flexibility index (Phi) is 4.45. The summed E-state index contributed by atoms with van der Waals surface area (Å²) >= 11 is 0. The van der Waals surface area contributed by atoms with Crippen LogP contribution < -0.4 is 5.73 Å². The fourth-order valence-corrected chi connectivity index (χ4v) is 2.90. The summed E-state index contributed by atoms with van der Waals surface area (Å²) in [5.74, 6) is -0.321. The quantitative estimate of drug-likeness (QED) is 0.733. The summed E-state index contributed by atoms with van der Waals surface area (Å²) in [4.78, 5) is 30.4. The molecule has 1 aliphatic rings. The molecule has 0 unspecified atom stereocenters. The summed E-state index contributed by atoms with van der Waals surface area (Å²) < 4.78 is 18.4. The summed E-state index contributed by atoms with van der Waals surface area (Å²) in [5, 5.41) is 3.78. The van der Waals surface area contributed by atoms with Crippen LogP contribution in [-0.2, 0) is 6.42 Å². The lowest BCUT2D eigenvalue weighted by molar-refractivity contribution is 0.0743. The van der Waals surface area contributed by atoms with Gasteiger partial charge in [0.1, 0.15) is 11.6 Å². The van der Waals surface area contributed by atoms with Crippen molar-refractivity contribution in [3.8, 4) is 11.6 Å². The van der Waals surface area contributed by atoms with E-state index in [1.54, 1.807) is 17.0 Å². The van der Waals surface area contributed by atoms with Crippen molar-refractivity contribution in [3.63, 3.8) is 0 Å². The lowest BCUT2D eigenvalue weighted by atomic mass is 10.1. The molecule has 1 saturated heterocycles. The number of carbonyl (C=O) groups excluding carboxylic acids is 1. The zero-order valence-corrected chi connectivity index (χ0v) is 14.3. The molecule has 1 amide bonds. The van der Waals surface area contributed by atoms with E-state index in [1.807, 2.05) is 0 Å². The molecular weight excluding hydrogens is 353 g/mol. The average molecular weight is 369 g/mol. The Morgan fingerprint density at radius 2 is 1.96 bits per heavy atom. The van der Waals surface area contributed by atoms with Crippen molar-refractivity contribution in [2.24, 2.45) is 0 Å². The van der Waals surface area contributed by atoms with Gasteiger partial charge in [0.15, 0.2) is 0 Å². The van der Waals surface area contributed by atoms with Gasteiger partial charge in [-0.25, -0.2) is 9.37 Å². The number of likely N-dealkylation sites (tertiary alicyclic amines) is 1. The summed E-state index contributed by atoms with van der Waals surface area (Å²) in [6, 6.07) is 6.10. The summed E-state index contributed by atoms with van der Waals surface area (Å²) in [6.45, 7) is 1.35. The van der Waals surface area contributed by atoms with Crippen LogP contribution in [0.1, 0.15) is 34.9 Å². The Hall–Kier alpha value is -3.43. The molecule has 0 atom stereocenters. The van der Waals surface area contributed by atoms with Crippen LogP contribution in [0.25, 0.3) is 11.6 Å². The van der Waals surface area contributed by atoms with Crippen molar-refractivity contribution in [1.29, 1.82) is 0 Å². The number of amides is 1. The molecule has 2 aromatic heterocycles. The number of anilines is 1. The molecule has 0 spiro atoms. The van der Waals surface area contributed by atoms with E-state index in [1.165, 1.54) is 12.1 Å². The zero-order chi connectivity index (χ0) is 18.8. The van der Waals surface area contributed by atoms with Gasteiger partial charge in [-0.15, -0.1) is 0 Å². The van der Waals surface area contributed by atoms with Crippen LogP contribution in [0.2, 0.25) is 0 Å². The van der Waals surface area contributed by atoms with Crippen LogP contribution >= 0.6 is 0 Å². The highest BCUT2D eigenvalue weighted by Gasteiger charge is 2.25. The van der Waals surface area contributed by atoms with Gasteiger partial charge in [-0.1, -0.05) is 17.3 Å². The van der Waals surface area contributed by atoms with Crippen molar-refractivity contribution >= 4 is 11.9 Å². The predicted molar refractivity (Wildman–Crippen MR) is 91.9 cm³/mol. The van der Waals surface area contributed by atoms with Crippen LogP contribution in [0, 0.1) is 5.82 Å². The van der Waals surface area contributed by atoms with Gasteiger partial charge in [-0.2, -0.15) is 15.0 Å². The Morgan fingerprint density at radius 3 is 2.74 bits per heavy atom. The van der Waals surface area contributed by atoms with E-state index in [4.69, 9.17) is 10.3 Å². The molecule has 1 fully saturated rings. The van der Waals surface area contributed by atoms with E-state index < -0.39 is 0 Å². The van der Waals surface area contributed by atoms with Gasteiger partial charge in [0.25, 0.3) is 0 Å². The highest BCUT2D eigenvalue weighted by atomic mass is 19.1. The number of hydrogen-bond donors (Lipinski definition) is 1. The summed E-state index contributed by atoms with van der Waals surface area (Å²) in [5.41, 5.74) is 6.43. The predicted octanol–water partition coefficient (Wildman–Crippen LogP) is 1.47. The smallest absolute Gasteiger partial charge is 0.316 e. The zero-order valence-electron chi connectivity index (χ0n) is 14.3. The van der Waals surface area contributed by atoms with E-state index in [-0.39, 0.29) is 41.6 Å². The monoisotopic (exact) mass is 369 g/mol. The van der Waals surface area contributed by atoms with E-state index >= 15 is 0 Å². The Labute approximate surface area is 153 Å². The van der Waals surface area contributed by atoms with Crippen molar-refractivity contribution in [2.75, 3.05) is 18.8 Å². The van der Waals surface area contributed by atoms with Gasteiger partial charge < -0.3 is 15.2 Å². The number of nitrogens with two attached hydrogens (primary N) is 1. The van der Waals surface area contributed by atoms with Gasteiger partial charge in [-0.05, 0) is 30.5 Å². The summed E-state index contributed by atoms with van der Waals surface area (Å²) in [6.07, 6.45) is 2.18. The molecule has 4 rings (SSSR count). The Morgan fingerprint density at radius 1 is 1.15 bits per heavy atom. The van der Waals surface area contributed by atoms with Crippen LogP contribution in [-0.4, -0.2) is 49.0 Å². The first kappa shape index (κ1) is 17.0. The first-order valence-corrected chi connectivity index (χ1v) is 8.47. The topological polar surface area (TPSA) is 124 Å². The second-order valence-electron chi connectivity index (χ2n) is 6.16. The largest absolute Gasteiger partial charge is 0.368 e. The van der Waals surface area contributed by atoms with Crippen molar-refractivity contribution in [1.82, 2.24) is 30.0 Å². The standard InChI is InChI=1S/C17H16FN7O2/c18-11-5-3-4-10(8-11)9-12-20-13(23-17(19)21-12)14-22-15(27-24-14)16(26)25-6-1-2-7-25/h3-5,8H,1-2,6-7,9H2,(H2,19,20,21,23). The third-order valence-electron chi connectivity index (χ3n) is 4.15. The summed E-state index contributed by atoms with van der Waals surface area (Å²) in [7, 11) is 0. The van der Waals surface area contributed by atoms with Gasteiger partial charge in [0.05, 0.1) is 0 Å². The van der Waals surface area contributed by atoms with Crippen LogP contribution in [0.3, 0.4) is 0 Å². The SMILES string of the molecule is Nc1nc(Cc2cccc(F)c2)nc(-c2noc(C(=O)N3CCCC3)n2)n1. The molecule has 10 heteroatoms. The Balaban J connectivity index is 1.59. The number of rotatable bonds is 4. The van der Waals surface area contributed by atoms with Gasteiger partial charge in [0, 0.05) is 19.5 Å². The van der Waals surface area contributed by atoms with Gasteiger partial charge in [0.2, 0.25) is 17.6 Å². The second kappa shape index (κ2) is 7.06. The number of nitrogen functional groups attached to an aromatic ring is 1. The maximum atomic E-state index is 13.4. The molecule has 0 saturated carbocycles. The first-order valence-electron chi connectivity index (χ1n) is 8.47. The first-order chi connectivity index (χ1) is 13.1. The van der Waals surface area contributed by atoms with Gasteiger partial charge >= 0.3 is 11.8 Å². The minimum absolute atomic E-state index is 0.0244. The molecule has 138 valence electrons. The minimum atomic E-state index is -0.349. The number of hydrogen-bond acceptors (Lipinski definition) is 8. The van der Waals surface area contributed by atoms with Crippen LogP contribution in [0.15, 0.2) is 28.8 Å². The van der Waals surface area contributed by atoms with E-state index in [2.05, 4.69) is 25.1 Å². The number of nitrogens with zero attached hydrogens (tertiary/aromatic N) is 6. The lowest BCUT2D eigenvalue weighted by Gasteiger charge is -2.10. The lowest BCUT2D eigenvalue weighted by Crippen LogP contribution is -2.27. The van der Waals surface area contributed by atoms with Crippen molar-refractivity contribution in [2.45, 2.75) is 19.3 Å². The van der Waals surface area contributed by atoms with E-state index in [9.17, 15) is 9.18 Å². The molecule has 3 heterocycles. The molecule has 3 aromatic rings. The highest BCUT2D eigenvalue weighted by molar-refractivity contribution is 5.90. The average Bonchev–Trinajstić information content (AvgIpc) is 3.33.